The zero-order valence-corrected chi connectivity index (χ0v) is 15.6. The molecule has 8 nitrogen and oxygen atoms in total. The third-order valence-electron chi connectivity index (χ3n) is 3.40. The Labute approximate surface area is 158 Å². The molecule has 0 aromatic heterocycles. The third kappa shape index (κ3) is 5.03. The first-order valence-electron chi connectivity index (χ1n) is 7.41. The van der Waals surface area contributed by atoms with E-state index in [9.17, 15) is 14.9 Å². The van der Waals surface area contributed by atoms with Crippen molar-refractivity contribution >= 4 is 33.7 Å². The van der Waals surface area contributed by atoms with E-state index in [1.165, 1.54) is 32.6 Å². The fourth-order valence-corrected chi connectivity index (χ4v) is 2.41. The number of hydrazone groups is 1. The number of halogens is 1. The Kier molecular flexibility index (Phi) is 6.67. The number of methoxy groups -OCH3 is 2. The van der Waals surface area contributed by atoms with Gasteiger partial charge in [0.1, 0.15) is 0 Å². The number of nitrogens with one attached hydrogen (secondary N) is 1. The third-order valence-corrected chi connectivity index (χ3v) is 3.93. The van der Waals surface area contributed by atoms with E-state index in [1.54, 1.807) is 0 Å². The van der Waals surface area contributed by atoms with Gasteiger partial charge in [-0.25, -0.2) is 5.43 Å². The molecule has 0 aliphatic rings. The molecule has 136 valence electrons. The van der Waals surface area contributed by atoms with E-state index in [2.05, 4.69) is 26.5 Å². The molecule has 0 saturated heterocycles. The number of nitro groups is 1. The number of nitro benzene ring substituents is 1. The number of rotatable bonds is 7. The van der Waals surface area contributed by atoms with Crippen molar-refractivity contribution in [2.24, 2.45) is 5.10 Å². The maximum absolute atomic E-state index is 11.9. The number of nitrogens with zero attached hydrogens (tertiary/aromatic N) is 2. The summed E-state index contributed by atoms with van der Waals surface area (Å²) in [5.74, 6) is 0.211. The van der Waals surface area contributed by atoms with Crippen molar-refractivity contribution in [3.8, 4) is 11.5 Å². The van der Waals surface area contributed by atoms with Gasteiger partial charge in [-0.2, -0.15) is 5.10 Å². The summed E-state index contributed by atoms with van der Waals surface area (Å²) in [6.45, 7) is 0. The first-order valence-corrected chi connectivity index (χ1v) is 8.20. The Hall–Kier alpha value is -2.94. The highest BCUT2D eigenvalue weighted by atomic mass is 79.9. The highest BCUT2D eigenvalue weighted by Crippen LogP contribution is 2.33. The zero-order valence-electron chi connectivity index (χ0n) is 14.1. The molecule has 0 aliphatic heterocycles. The van der Waals surface area contributed by atoms with Gasteiger partial charge in [-0.3, -0.25) is 14.9 Å². The fraction of sp³-hybridized carbons (Fsp3) is 0.176. The van der Waals surface area contributed by atoms with Crippen LogP contribution < -0.4 is 14.9 Å². The first-order chi connectivity index (χ1) is 12.4. The maximum Gasteiger partial charge on any atom is 0.282 e. The van der Waals surface area contributed by atoms with Crippen LogP contribution >= 0.6 is 15.9 Å². The molecular weight excluding hydrogens is 406 g/mol. The minimum Gasteiger partial charge on any atom is -0.493 e. The Morgan fingerprint density at radius 3 is 2.42 bits per heavy atom. The Bertz CT molecular complexity index is 837. The number of hydrogen-bond donors (Lipinski definition) is 1. The molecule has 0 atom stereocenters. The molecule has 0 aliphatic carbocycles. The molecule has 0 saturated carbocycles. The van der Waals surface area contributed by atoms with Crippen molar-refractivity contribution in [2.75, 3.05) is 14.2 Å². The quantitative estimate of drug-likeness (QED) is 0.420. The Morgan fingerprint density at radius 2 is 1.85 bits per heavy atom. The van der Waals surface area contributed by atoms with E-state index in [4.69, 9.17) is 9.47 Å². The van der Waals surface area contributed by atoms with Crippen molar-refractivity contribution in [1.82, 2.24) is 5.43 Å². The van der Waals surface area contributed by atoms with E-state index >= 15 is 0 Å². The molecule has 0 bridgehead atoms. The highest BCUT2D eigenvalue weighted by molar-refractivity contribution is 9.10. The number of carbonyl (C=O) groups is 1. The van der Waals surface area contributed by atoms with Crippen LogP contribution in [0.15, 0.2) is 46.0 Å². The van der Waals surface area contributed by atoms with Crippen LogP contribution in [0.1, 0.15) is 11.1 Å². The van der Waals surface area contributed by atoms with Crippen LogP contribution in [0, 0.1) is 10.1 Å². The van der Waals surface area contributed by atoms with E-state index in [0.29, 0.717) is 5.75 Å². The molecule has 1 N–H and O–H groups in total. The summed E-state index contributed by atoms with van der Waals surface area (Å²) in [6, 6.07) is 9.95. The monoisotopic (exact) mass is 421 g/mol. The summed E-state index contributed by atoms with van der Waals surface area (Å²) >= 11 is 3.32. The summed E-state index contributed by atoms with van der Waals surface area (Å²) in [4.78, 5) is 22.6. The van der Waals surface area contributed by atoms with Gasteiger partial charge in [0.05, 0.1) is 43.4 Å². The summed E-state index contributed by atoms with van der Waals surface area (Å²) in [5.41, 5.74) is 3.13. The molecule has 0 spiro atoms. The molecule has 26 heavy (non-hydrogen) atoms. The molecule has 2 aromatic carbocycles. The average Bonchev–Trinajstić information content (AvgIpc) is 2.62. The predicted octanol–water partition coefficient (Wildman–Crippen LogP) is 3.07. The molecule has 2 aromatic rings. The van der Waals surface area contributed by atoms with Crippen molar-refractivity contribution in [3.05, 3.63) is 62.1 Å². The number of ether oxygens (including phenoxy) is 2. The van der Waals surface area contributed by atoms with E-state index in [0.717, 1.165) is 10.0 Å². The zero-order chi connectivity index (χ0) is 19.1. The van der Waals surface area contributed by atoms with Gasteiger partial charge in [0, 0.05) is 4.47 Å². The summed E-state index contributed by atoms with van der Waals surface area (Å²) in [5, 5.41) is 15.0. The lowest BCUT2D eigenvalue weighted by atomic mass is 10.1. The van der Waals surface area contributed by atoms with Crippen LogP contribution in [0.2, 0.25) is 0 Å². The van der Waals surface area contributed by atoms with Crippen LogP contribution in [-0.2, 0) is 11.2 Å². The van der Waals surface area contributed by atoms with Gasteiger partial charge in [0.15, 0.2) is 11.5 Å². The molecule has 9 heteroatoms. The molecule has 0 heterocycles. The second-order valence-electron chi connectivity index (χ2n) is 5.12. The minimum absolute atomic E-state index is 0.138. The van der Waals surface area contributed by atoms with Gasteiger partial charge in [-0.05, 0) is 23.8 Å². The molecule has 0 radical (unpaired) electrons. The predicted molar refractivity (Wildman–Crippen MR) is 99.8 cm³/mol. The number of benzene rings is 2. The second-order valence-corrected chi connectivity index (χ2v) is 6.04. The highest BCUT2D eigenvalue weighted by Gasteiger charge is 2.18. The van der Waals surface area contributed by atoms with E-state index in [1.807, 2.05) is 24.3 Å². The fourth-order valence-electron chi connectivity index (χ4n) is 2.15. The molecule has 0 fully saturated rings. The van der Waals surface area contributed by atoms with Gasteiger partial charge >= 0.3 is 0 Å². The van der Waals surface area contributed by atoms with Crippen molar-refractivity contribution in [1.29, 1.82) is 0 Å². The summed E-state index contributed by atoms with van der Waals surface area (Å²) in [6.07, 6.45) is 1.33. The average molecular weight is 422 g/mol. The van der Waals surface area contributed by atoms with Crippen LogP contribution in [-0.4, -0.2) is 31.3 Å². The van der Waals surface area contributed by atoms with Gasteiger partial charge < -0.3 is 9.47 Å². The van der Waals surface area contributed by atoms with Crippen LogP contribution in [0.5, 0.6) is 11.5 Å². The van der Waals surface area contributed by atoms with Gasteiger partial charge in [-0.15, -0.1) is 0 Å². The summed E-state index contributed by atoms with van der Waals surface area (Å²) in [7, 11) is 2.81. The lowest BCUT2D eigenvalue weighted by Gasteiger charge is -2.08. The van der Waals surface area contributed by atoms with Gasteiger partial charge in [0.25, 0.3) is 5.69 Å². The maximum atomic E-state index is 11.9. The number of amides is 1. The molecule has 1 amide bonds. The second kappa shape index (κ2) is 8.95. The molecule has 0 unspecified atom stereocenters. The largest absolute Gasteiger partial charge is 0.493 e. The van der Waals surface area contributed by atoms with E-state index in [-0.39, 0.29) is 29.3 Å². The Balaban J connectivity index is 2.12. The number of hydrogen-bond acceptors (Lipinski definition) is 6. The smallest absolute Gasteiger partial charge is 0.282 e. The summed E-state index contributed by atoms with van der Waals surface area (Å²) < 4.78 is 11.1. The lowest BCUT2D eigenvalue weighted by Crippen LogP contribution is -2.19. The lowest BCUT2D eigenvalue weighted by molar-refractivity contribution is -0.385. The molecular formula is C17H16BrN3O5. The van der Waals surface area contributed by atoms with Gasteiger partial charge in [0.2, 0.25) is 5.91 Å². The van der Waals surface area contributed by atoms with Crippen LogP contribution in [0.25, 0.3) is 0 Å². The van der Waals surface area contributed by atoms with Crippen LogP contribution in [0.3, 0.4) is 0 Å². The van der Waals surface area contributed by atoms with Crippen molar-refractivity contribution in [3.63, 3.8) is 0 Å². The topological polar surface area (TPSA) is 103 Å². The first kappa shape index (κ1) is 19.4. The minimum atomic E-state index is -0.563. The van der Waals surface area contributed by atoms with Crippen molar-refractivity contribution < 1.29 is 19.2 Å². The molecule has 2 rings (SSSR count). The van der Waals surface area contributed by atoms with Crippen molar-refractivity contribution in [2.45, 2.75) is 6.42 Å². The standard InChI is InChI=1S/C17H16BrN3O5/c1-25-15-8-12(14(21(23)24)9-16(15)26-2)10-19-20-17(22)7-11-3-5-13(18)6-4-11/h3-6,8-10H,7H2,1-2H3,(H,20,22)/b19-10+. The van der Waals surface area contributed by atoms with E-state index < -0.39 is 4.92 Å². The van der Waals surface area contributed by atoms with Crippen LogP contribution in [0.4, 0.5) is 5.69 Å². The van der Waals surface area contributed by atoms with Gasteiger partial charge in [-0.1, -0.05) is 28.1 Å². The SMILES string of the molecule is COc1cc(/C=N/NC(=O)Cc2ccc(Br)cc2)c([N+](=O)[O-])cc1OC. The normalized spacial score (nSPS) is 10.6. The Morgan fingerprint density at radius 1 is 1.23 bits per heavy atom. The number of carbonyl (C=O) groups excluding carboxylic acids is 1.